The lowest BCUT2D eigenvalue weighted by Gasteiger charge is -2.25. The van der Waals surface area contributed by atoms with Crippen LogP contribution in [-0.2, 0) is 0 Å². The Morgan fingerprint density at radius 3 is 1.36 bits per heavy atom. The van der Waals surface area contributed by atoms with Gasteiger partial charge in [-0.05, 0) is 113 Å². The molecule has 0 saturated heterocycles. The van der Waals surface area contributed by atoms with Crippen LogP contribution in [-0.4, -0.2) is 9.97 Å². The fourth-order valence-electron chi connectivity index (χ4n) is 11.5. The summed E-state index contributed by atoms with van der Waals surface area (Å²) in [6.45, 7) is 3.97. The molecule has 70 heavy (non-hydrogen) atoms. The van der Waals surface area contributed by atoms with Crippen LogP contribution in [0.4, 0.5) is 0 Å². The Morgan fingerprint density at radius 2 is 0.757 bits per heavy atom. The van der Waals surface area contributed by atoms with Crippen molar-refractivity contribution in [2.45, 2.75) is 19.7 Å². The molecule has 0 amide bonds. The zero-order valence-electron chi connectivity index (χ0n) is 39.7. The molecule has 0 radical (unpaired) electrons. The molecule has 10 aromatic carbocycles. The van der Waals surface area contributed by atoms with E-state index in [1.165, 1.54) is 38.9 Å². The van der Waals surface area contributed by atoms with Gasteiger partial charge in [0.05, 0.1) is 23.3 Å². The molecule has 0 aliphatic heterocycles. The van der Waals surface area contributed by atoms with E-state index in [0.717, 1.165) is 111 Å². The van der Waals surface area contributed by atoms with E-state index in [0.29, 0.717) is 0 Å². The van der Waals surface area contributed by atoms with Crippen LogP contribution < -0.4 is 0 Å². The smallest absolute Gasteiger partial charge is 0.143 e. The van der Waals surface area contributed by atoms with Crippen LogP contribution >= 0.6 is 0 Å². The molecule has 2 aliphatic carbocycles. The second-order valence-electron chi connectivity index (χ2n) is 18.7. The first-order valence-electron chi connectivity index (χ1n) is 24.6. The van der Waals surface area contributed by atoms with E-state index in [1.54, 1.807) is 0 Å². The standard InChI is InChI=1S/C67H44N2O/c1-40(2)64-43(41-33-35-54-49-21-6-5-19-47(49)45-17-3-4-18-46(45)48-20-7-9-24-52(48)60(54)37-41)28-15-31-59(64)62-39-68-65-57-36-34-42(44-29-16-30-58-55-26-13-14-32-63(55)70-67(44)58)38-61(57)53-25-10-8-22-50(53)51-23-11-12-27-56(51)66(65)69-62/h3-40H,1-2H3/i40D. The van der Waals surface area contributed by atoms with Crippen LogP contribution in [0.3, 0.4) is 0 Å². The van der Waals surface area contributed by atoms with Crippen LogP contribution in [0, 0.1) is 0 Å². The number of benzene rings is 10. The van der Waals surface area contributed by atoms with Gasteiger partial charge in [0.1, 0.15) is 11.2 Å². The number of para-hydroxylation sites is 2. The van der Waals surface area contributed by atoms with Gasteiger partial charge in [0.25, 0.3) is 0 Å². The number of furan rings is 1. The Balaban J connectivity index is 0.960. The fourth-order valence-corrected chi connectivity index (χ4v) is 11.5. The van der Waals surface area contributed by atoms with Crippen LogP contribution in [0.15, 0.2) is 229 Å². The number of hydrogen-bond acceptors (Lipinski definition) is 3. The highest BCUT2D eigenvalue weighted by molar-refractivity contribution is 6.11. The highest BCUT2D eigenvalue weighted by Gasteiger charge is 2.28. The summed E-state index contributed by atoms with van der Waals surface area (Å²) in [4.78, 5) is 11.1. The maximum Gasteiger partial charge on any atom is 0.143 e. The normalized spacial score (nSPS) is 12.3. The van der Waals surface area contributed by atoms with Gasteiger partial charge in [0, 0.05) is 34.4 Å². The molecule has 3 heteroatoms. The van der Waals surface area contributed by atoms with Crippen molar-refractivity contribution in [1.29, 1.82) is 0 Å². The van der Waals surface area contributed by atoms with Gasteiger partial charge in [0.2, 0.25) is 0 Å². The Labute approximate surface area is 408 Å². The summed E-state index contributed by atoms with van der Waals surface area (Å²) in [5.74, 6) is -1.01. The highest BCUT2D eigenvalue weighted by atomic mass is 16.3. The first-order valence-corrected chi connectivity index (χ1v) is 24.1. The summed E-state index contributed by atoms with van der Waals surface area (Å²) >= 11 is 0. The lowest BCUT2D eigenvalue weighted by atomic mass is 9.79. The maximum absolute atomic E-state index is 9.87. The van der Waals surface area contributed by atoms with Crippen LogP contribution in [0.1, 0.15) is 26.7 Å². The molecule has 2 aromatic heterocycles. The summed E-state index contributed by atoms with van der Waals surface area (Å²) in [5, 5.41) is 2.21. The third-order valence-electron chi connectivity index (χ3n) is 14.6. The van der Waals surface area contributed by atoms with Crippen molar-refractivity contribution in [3.05, 3.63) is 230 Å². The molecule has 0 bridgehead atoms. The average Bonchev–Trinajstić information content (AvgIpc) is 3.81. The quantitative estimate of drug-likeness (QED) is 0.177. The first kappa shape index (κ1) is 39.1. The average molecular weight is 894 g/mol. The molecule has 2 heterocycles. The fraction of sp³-hybridized carbons (Fsp3) is 0.0448. The SMILES string of the molecule is [2H]C(C)(C)c1c(-c2ccc3c(c2)-c2ccccc2-c2ccccc2-c2ccccc2-3)cccc1-c1cnc2c(n1)-c1ccccc1-c1ccccc1-c1cc(-c3cccc4c3oc3ccccc34)ccc1-2. The van der Waals surface area contributed by atoms with Crippen molar-refractivity contribution < 1.29 is 5.79 Å². The second-order valence-corrected chi connectivity index (χ2v) is 18.7. The Morgan fingerprint density at radius 1 is 0.357 bits per heavy atom. The van der Waals surface area contributed by atoms with Crippen molar-refractivity contribution in [1.82, 2.24) is 9.97 Å². The molecular formula is C67H44N2O. The van der Waals surface area contributed by atoms with Crippen LogP contribution in [0.2, 0.25) is 0 Å². The van der Waals surface area contributed by atoms with Gasteiger partial charge in [-0.25, -0.2) is 4.98 Å². The Kier molecular flexibility index (Phi) is 8.85. The first-order chi connectivity index (χ1) is 34.9. The summed E-state index contributed by atoms with van der Waals surface area (Å²) in [7, 11) is 0. The molecule has 0 unspecified atom stereocenters. The largest absolute Gasteiger partial charge is 0.455 e. The van der Waals surface area contributed by atoms with Gasteiger partial charge >= 0.3 is 0 Å². The Hall–Kier alpha value is -8.92. The summed E-state index contributed by atoms with van der Waals surface area (Å²) in [6.07, 6.45) is 1.92. The zero-order chi connectivity index (χ0) is 47.4. The van der Waals surface area contributed by atoms with Crippen molar-refractivity contribution in [3.8, 4) is 123 Å². The van der Waals surface area contributed by atoms with Crippen molar-refractivity contribution in [2.75, 3.05) is 0 Å². The minimum Gasteiger partial charge on any atom is -0.455 e. The Bertz CT molecular complexity index is 4170. The molecule has 0 saturated carbocycles. The van der Waals surface area contributed by atoms with E-state index in [1.807, 2.05) is 32.2 Å². The van der Waals surface area contributed by atoms with Crippen molar-refractivity contribution in [3.63, 3.8) is 0 Å². The van der Waals surface area contributed by atoms with E-state index >= 15 is 0 Å². The predicted octanol–water partition coefficient (Wildman–Crippen LogP) is 18.5. The zero-order valence-corrected chi connectivity index (χ0v) is 38.7. The van der Waals surface area contributed by atoms with E-state index < -0.39 is 5.89 Å². The molecular weight excluding hydrogens is 849 g/mol. The van der Waals surface area contributed by atoms with Gasteiger partial charge < -0.3 is 4.42 Å². The number of hydrogen-bond donors (Lipinski definition) is 0. The third-order valence-corrected chi connectivity index (χ3v) is 14.6. The molecule has 328 valence electrons. The number of aromatic nitrogens is 2. The van der Waals surface area contributed by atoms with Crippen molar-refractivity contribution in [2.24, 2.45) is 0 Å². The summed E-state index contributed by atoms with van der Waals surface area (Å²) in [5.41, 5.74) is 26.0. The third kappa shape index (κ3) is 6.15. The lowest BCUT2D eigenvalue weighted by molar-refractivity contribution is 0.670. The van der Waals surface area contributed by atoms with Gasteiger partial charge in [-0.3, -0.25) is 4.98 Å². The number of fused-ring (bicyclic) bond motifs is 19. The van der Waals surface area contributed by atoms with Gasteiger partial charge in [-0.15, -0.1) is 0 Å². The molecule has 0 atom stereocenters. The van der Waals surface area contributed by atoms with Crippen LogP contribution in [0.25, 0.3) is 145 Å². The molecule has 0 spiro atoms. The maximum atomic E-state index is 9.87. The second kappa shape index (κ2) is 15.8. The number of nitrogens with zero attached hydrogens (tertiary/aromatic N) is 2. The van der Waals surface area contributed by atoms with Crippen LogP contribution in [0.5, 0.6) is 0 Å². The summed E-state index contributed by atoms with van der Waals surface area (Å²) < 4.78 is 16.4. The van der Waals surface area contributed by atoms with E-state index in [2.05, 4.69) is 206 Å². The monoisotopic (exact) mass is 893 g/mol. The highest BCUT2D eigenvalue weighted by Crippen LogP contribution is 2.51. The molecule has 12 aromatic rings. The van der Waals surface area contributed by atoms with E-state index in [4.69, 9.17) is 14.4 Å². The molecule has 3 nitrogen and oxygen atoms in total. The molecule has 2 aliphatic rings. The molecule has 0 fully saturated rings. The predicted molar refractivity (Wildman–Crippen MR) is 290 cm³/mol. The number of rotatable bonds is 4. The summed E-state index contributed by atoms with van der Waals surface area (Å²) in [6, 6.07) is 78.1. The topological polar surface area (TPSA) is 38.9 Å². The minimum absolute atomic E-state index is 0.724. The van der Waals surface area contributed by atoms with Gasteiger partial charge in [0.15, 0.2) is 0 Å². The molecule has 14 rings (SSSR count). The van der Waals surface area contributed by atoms with E-state index in [9.17, 15) is 1.37 Å². The lowest BCUT2D eigenvalue weighted by Crippen LogP contribution is -2.04. The molecule has 0 N–H and O–H groups in total. The van der Waals surface area contributed by atoms with E-state index in [-0.39, 0.29) is 0 Å². The van der Waals surface area contributed by atoms with Crippen molar-refractivity contribution >= 4 is 21.9 Å². The minimum atomic E-state index is -1.01. The van der Waals surface area contributed by atoms with Gasteiger partial charge in [-0.1, -0.05) is 214 Å². The van der Waals surface area contributed by atoms with Gasteiger partial charge in [-0.2, -0.15) is 0 Å².